The molecule has 1 rings (SSSR count). The monoisotopic (exact) mass is 207 g/mol. The number of hydrogen-bond acceptors (Lipinski definition) is 1. The second kappa shape index (κ2) is 6.90. The first-order valence-corrected chi connectivity index (χ1v) is 6.41. The van der Waals surface area contributed by atoms with Crippen LogP contribution >= 0.6 is 0 Å². The van der Waals surface area contributed by atoms with Crippen molar-refractivity contribution in [2.24, 2.45) is 11.8 Å². The van der Waals surface area contributed by atoms with Gasteiger partial charge in [-0.3, -0.25) is 0 Å². The van der Waals surface area contributed by atoms with E-state index >= 15 is 0 Å². The summed E-state index contributed by atoms with van der Waals surface area (Å²) >= 11 is 0. The zero-order valence-electron chi connectivity index (χ0n) is 10.3. The van der Waals surface area contributed by atoms with Crippen LogP contribution in [0.5, 0.6) is 0 Å². The Morgan fingerprint density at radius 2 is 2.07 bits per heavy atom. The van der Waals surface area contributed by atoms with Crippen molar-refractivity contribution in [1.82, 2.24) is 5.32 Å². The molecule has 0 spiro atoms. The first kappa shape index (κ1) is 12.6. The third kappa shape index (κ3) is 4.71. The van der Waals surface area contributed by atoms with Crippen LogP contribution in [0.1, 0.15) is 52.4 Å². The van der Waals surface area contributed by atoms with Gasteiger partial charge in [0, 0.05) is 19.0 Å². The Labute approximate surface area is 95.0 Å². The molecule has 2 atom stereocenters. The van der Waals surface area contributed by atoms with Gasteiger partial charge in [0.25, 0.3) is 0 Å². The summed E-state index contributed by atoms with van der Waals surface area (Å²) in [5, 5.41) is 3.58. The minimum absolute atomic E-state index is 0.724. The van der Waals surface area contributed by atoms with E-state index in [1.54, 1.807) is 0 Å². The van der Waals surface area contributed by atoms with E-state index in [4.69, 9.17) is 6.42 Å². The lowest BCUT2D eigenvalue weighted by molar-refractivity contribution is 0.338. The third-order valence-corrected chi connectivity index (χ3v) is 3.66. The van der Waals surface area contributed by atoms with Crippen molar-refractivity contribution < 1.29 is 0 Å². The van der Waals surface area contributed by atoms with Crippen LogP contribution in [0.2, 0.25) is 0 Å². The van der Waals surface area contributed by atoms with Crippen LogP contribution in [-0.4, -0.2) is 12.6 Å². The maximum Gasteiger partial charge on any atom is 0.0211 e. The zero-order valence-corrected chi connectivity index (χ0v) is 10.3. The molecular weight excluding hydrogens is 182 g/mol. The van der Waals surface area contributed by atoms with E-state index < -0.39 is 0 Å². The van der Waals surface area contributed by atoms with E-state index in [1.807, 2.05) is 0 Å². The van der Waals surface area contributed by atoms with Gasteiger partial charge < -0.3 is 5.32 Å². The quantitative estimate of drug-likeness (QED) is 0.424. The SMILES string of the molecule is C#CCCNC1CCCC(C(C)C)CC1. The highest BCUT2D eigenvalue weighted by molar-refractivity contribution is 4.85. The number of rotatable bonds is 4. The predicted molar refractivity (Wildman–Crippen MR) is 66.7 cm³/mol. The van der Waals surface area contributed by atoms with Crippen molar-refractivity contribution in [2.75, 3.05) is 6.54 Å². The predicted octanol–water partition coefficient (Wildman–Crippen LogP) is 3.20. The number of terminal acetylenes is 1. The average Bonchev–Trinajstić information content (AvgIpc) is 2.44. The number of hydrogen-bond donors (Lipinski definition) is 1. The second-order valence-corrected chi connectivity index (χ2v) is 5.12. The lowest BCUT2D eigenvalue weighted by Crippen LogP contribution is -2.29. The minimum atomic E-state index is 0.724. The van der Waals surface area contributed by atoms with Crippen LogP contribution in [0, 0.1) is 24.2 Å². The van der Waals surface area contributed by atoms with Crippen molar-refractivity contribution in [1.29, 1.82) is 0 Å². The number of nitrogens with one attached hydrogen (secondary N) is 1. The Morgan fingerprint density at radius 1 is 1.27 bits per heavy atom. The summed E-state index contributed by atoms with van der Waals surface area (Å²) in [4.78, 5) is 0. The molecule has 1 N–H and O–H groups in total. The fraction of sp³-hybridized carbons (Fsp3) is 0.857. The molecule has 15 heavy (non-hydrogen) atoms. The highest BCUT2D eigenvalue weighted by Crippen LogP contribution is 2.28. The summed E-state index contributed by atoms with van der Waals surface area (Å²) in [6, 6.07) is 0.724. The van der Waals surface area contributed by atoms with Gasteiger partial charge in [-0.1, -0.05) is 26.7 Å². The summed E-state index contributed by atoms with van der Waals surface area (Å²) in [5.74, 6) is 4.49. The Kier molecular flexibility index (Phi) is 5.79. The summed E-state index contributed by atoms with van der Waals surface area (Å²) in [7, 11) is 0. The molecule has 1 fully saturated rings. The van der Waals surface area contributed by atoms with Crippen molar-refractivity contribution in [3.05, 3.63) is 0 Å². The average molecular weight is 207 g/mol. The standard InChI is InChI=1S/C14H25N/c1-4-5-11-15-14-8-6-7-13(9-10-14)12(2)3/h1,12-15H,5-11H2,2-3H3. The maximum atomic E-state index is 5.25. The van der Waals surface area contributed by atoms with E-state index in [9.17, 15) is 0 Å². The molecule has 0 aromatic carbocycles. The minimum Gasteiger partial charge on any atom is -0.313 e. The molecule has 0 bridgehead atoms. The van der Waals surface area contributed by atoms with Crippen LogP contribution < -0.4 is 5.32 Å². The van der Waals surface area contributed by atoms with Gasteiger partial charge in [0.2, 0.25) is 0 Å². The van der Waals surface area contributed by atoms with Crippen LogP contribution in [-0.2, 0) is 0 Å². The summed E-state index contributed by atoms with van der Waals surface area (Å²) < 4.78 is 0. The van der Waals surface area contributed by atoms with Crippen molar-refractivity contribution in [3.63, 3.8) is 0 Å². The van der Waals surface area contributed by atoms with E-state index in [1.165, 1.54) is 32.1 Å². The lowest BCUT2D eigenvalue weighted by atomic mass is 9.89. The van der Waals surface area contributed by atoms with E-state index in [0.29, 0.717) is 0 Å². The summed E-state index contributed by atoms with van der Waals surface area (Å²) in [6.07, 6.45) is 13.0. The highest BCUT2D eigenvalue weighted by Gasteiger charge is 2.20. The van der Waals surface area contributed by atoms with Gasteiger partial charge in [0.1, 0.15) is 0 Å². The molecule has 86 valence electrons. The molecule has 0 saturated heterocycles. The molecule has 2 unspecified atom stereocenters. The third-order valence-electron chi connectivity index (χ3n) is 3.66. The molecule has 0 aliphatic heterocycles. The Bertz CT molecular complexity index is 202. The van der Waals surface area contributed by atoms with Gasteiger partial charge in [-0.25, -0.2) is 0 Å². The molecule has 0 aromatic heterocycles. The van der Waals surface area contributed by atoms with Gasteiger partial charge in [0.05, 0.1) is 0 Å². The molecule has 1 aliphatic carbocycles. The van der Waals surface area contributed by atoms with Crippen LogP contribution in [0.25, 0.3) is 0 Å². The van der Waals surface area contributed by atoms with Crippen LogP contribution in [0.4, 0.5) is 0 Å². The largest absolute Gasteiger partial charge is 0.313 e. The molecule has 0 heterocycles. The molecular formula is C14H25N. The van der Waals surface area contributed by atoms with E-state index in [0.717, 1.165) is 30.8 Å². The Hall–Kier alpha value is -0.480. The zero-order chi connectivity index (χ0) is 11.1. The summed E-state index contributed by atoms with van der Waals surface area (Å²) in [6.45, 7) is 5.71. The van der Waals surface area contributed by atoms with Crippen molar-refractivity contribution in [2.45, 2.75) is 58.4 Å². The smallest absolute Gasteiger partial charge is 0.0211 e. The summed E-state index contributed by atoms with van der Waals surface area (Å²) in [5.41, 5.74) is 0. The molecule has 0 radical (unpaired) electrons. The Balaban J connectivity index is 2.24. The molecule has 1 nitrogen and oxygen atoms in total. The molecule has 1 heteroatoms. The van der Waals surface area contributed by atoms with Crippen molar-refractivity contribution in [3.8, 4) is 12.3 Å². The van der Waals surface area contributed by atoms with E-state index in [-0.39, 0.29) is 0 Å². The second-order valence-electron chi connectivity index (χ2n) is 5.12. The normalized spacial score (nSPS) is 27.3. The van der Waals surface area contributed by atoms with Gasteiger partial charge in [-0.15, -0.1) is 12.3 Å². The molecule has 1 saturated carbocycles. The van der Waals surface area contributed by atoms with Crippen LogP contribution in [0.15, 0.2) is 0 Å². The highest BCUT2D eigenvalue weighted by atomic mass is 14.9. The van der Waals surface area contributed by atoms with Gasteiger partial charge in [0.15, 0.2) is 0 Å². The fourth-order valence-electron chi connectivity index (χ4n) is 2.55. The Morgan fingerprint density at radius 3 is 2.73 bits per heavy atom. The van der Waals surface area contributed by atoms with Gasteiger partial charge >= 0.3 is 0 Å². The topological polar surface area (TPSA) is 12.0 Å². The lowest BCUT2D eigenvalue weighted by Gasteiger charge is -2.18. The van der Waals surface area contributed by atoms with E-state index in [2.05, 4.69) is 25.1 Å². The molecule has 0 amide bonds. The molecule has 1 aliphatic rings. The maximum absolute atomic E-state index is 5.25. The van der Waals surface area contributed by atoms with Crippen molar-refractivity contribution >= 4 is 0 Å². The molecule has 0 aromatic rings. The van der Waals surface area contributed by atoms with Gasteiger partial charge in [-0.05, 0) is 31.1 Å². The van der Waals surface area contributed by atoms with Gasteiger partial charge in [-0.2, -0.15) is 0 Å². The fourth-order valence-corrected chi connectivity index (χ4v) is 2.55. The first-order valence-electron chi connectivity index (χ1n) is 6.41. The van der Waals surface area contributed by atoms with Crippen LogP contribution in [0.3, 0.4) is 0 Å². The first-order chi connectivity index (χ1) is 7.24.